The summed E-state index contributed by atoms with van der Waals surface area (Å²) in [5.74, 6) is 0.211. The zero-order chi connectivity index (χ0) is 15.0. The number of rotatable bonds is 7. The number of hydrogen-bond acceptors (Lipinski definition) is 5. The van der Waals surface area contributed by atoms with Gasteiger partial charge in [-0.25, -0.2) is 4.79 Å². The molecule has 108 valence electrons. The minimum atomic E-state index is -0.575. The summed E-state index contributed by atoms with van der Waals surface area (Å²) in [6.07, 6.45) is 2.25. The Balaban J connectivity index is 2.95. The number of benzene rings is 1. The van der Waals surface area contributed by atoms with Gasteiger partial charge in [-0.1, -0.05) is 0 Å². The highest BCUT2D eigenvalue weighted by atomic mass is 16.5. The summed E-state index contributed by atoms with van der Waals surface area (Å²) < 4.78 is 15.3. The zero-order valence-corrected chi connectivity index (χ0v) is 11.8. The first-order chi connectivity index (χ1) is 9.62. The van der Waals surface area contributed by atoms with E-state index in [2.05, 4.69) is 4.74 Å². The van der Waals surface area contributed by atoms with Crippen LogP contribution in [-0.2, 0) is 9.53 Å². The van der Waals surface area contributed by atoms with E-state index in [1.807, 2.05) is 13.8 Å². The van der Waals surface area contributed by atoms with Gasteiger partial charge in [-0.3, -0.25) is 4.79 Å². The number of esters is 1. The summed E-state index contributed by atoms with van der Waals surface area (Å²) in [4.78, 5) is 22.9. The highest BCUT2D eigenvalue weighted by Crippen LogP contribution is 2.28. The van der Waals surface area contributed by atoms with Crippen molar-refractivity contribution in [3.05, 3.63) is 35.9 Å². The molecular weight excluding hydrogens is 260 g/mol. The van der Waals surface area contributed by atoms with Crippen molar-refractivity contribution in [2.45, 2.75) is 13.8 Å². The van der Waals surface area contributed by atoms with Crippen LogP contribution in [-0.4, -0.2) is 32.1 Å². The number of carbonyl (C=O) groups is 2. The van der Waals surface area contributed by atoms with Crippen LogP contribution in [0.5, 0.6) is 11.5 Å². The van der Waals surface area contributed by atoms with Gasteiger partial charge in [0.2, 0.25) is 0 Å². The molecule has 0 aromatic heterocycles. The average Bonchev–Trinajstić information content (AvgIpc) is 2.46. The Hall–Kier alpha value is -2.30. The van der Waals surface area contributed by atoms with E-state index >= 15 is 0 Å². The van der Waals surface area contributed by atoms with Crippen molar-refractivity contribution in [1.29, 1.82) is 0 Å². The predicted octanol–water partition coefficient (Wildman–Crippen LogP) is 2.40. The minimum Gasteiger partial charge on any atom is -0.490 e. The van der Waals surface area contributed by atoms with Gasteiger partial charge in [0.05, 0.1) is 20.3 Å². The molecule has 0 bridgehead atoms. The number of allylic oxidation sites excluding steroid dienone is 1. The van der Waals surface area contributed by atoms with Crippen LogP contribution in [0.2, 0.25) is 0 Å². The van der Waals surface area contributed by atoms with Crippen LogP contribution in [0.15, 0.2) is 30.4 Å². The molecule has 0 aliphatic heterocycles. The molecule has 0 atom stereocenters. The van der Waals surface area contributed by atoms with Crippen LogP contribution < -0.4 is 9.47 Å². The van der Waals surface area contributed by atoms with E-state index in [4.69, 9.17) is 9.47 Å². The molecule has 5 heteroatoms. The molecule has 0 spiro atoms. The van der Waals surface area contributed by atoms with Crippen molar-refractivity contribution < 1.29 is 23.8 Å². The second-order valence-electron chi connectivity index (χ2n) is 3.75. The van der Waals surface area contributed by atoms with E-state index in [0.29, 0.717) is 30.3 Å². The molecule has 1 aromatic rings. The highest BCUT2D eigenvalue weighted by molar-refractivity contribution is 6.07. The third-order valence-corrected chi connectivity index (χ3v) is 2.40. The van der Waals surface area contributed by atoms with Crippen molar-refractivity contribution in [3.63, 3.8) is 0 Å². The molecule has 1 aromatic carbocycles. The van der Waals surface area contributed by atoms with Crippen LogP contribution >= 0.6 is 0 Å². The highest BCUT2D eigenvalue weighted by Gasteiger charge is 2.10. The molecule has 1 rings (SSSR count). The van der Waals surface area contributed by atoms with Crippen molar-refractivity contribution in [2.75, 3.05) is 20.3 Å². The molecule has 0 aliphatic rings. The smallest absolute Gasteiger partial charge is 0.330 e. The topological polar surface area (TPSA) is 61.8 Å². The van der Waals surface area contributed by atoms with Crippen LogP contribution in [0, 0.1) is 0 Å². The minimum absolute atomic E-state index is 0.306. The fourth-order valence-electron chi connectivity index (χ4n) is 1.51. The predicted molar refractivity (Wildman–Crippen MR) is 74.3 cm³/mol. The maximum absolute atomic E-state index is 11.9. The van der Waals surface area contributed by atoms with E-state index < -0.39 is 5.97 Å². The third-order valence-electron chi connectivity index (χ3n) is 2.40. The lowest BCUT2D eigenvalue weighted by Crippen LogP contribution is -2.02. The number of ether oxygens (including phenoxy) is 3. The zero-order valence-electron chi connectivity index (χ0n) is 11.8. The fraction of sp³-hybridized carbons (Fsp3) is 0.333. The standard InChI is InChI=1S/C15H18O5/c1-4-19-13-8-6-11(10-14(13)20-5-2)12(16)7-9-15(17)18-3/h6-10H,4-5H2,1-3H3/b9-7+. The number of methoxy groups -OCH3 is 1. The molecule has 0 saturated heterocycles. The van der Waals surface area contributed by atoms with Gasteiger partial charge in [0.1, 0.15) is 0 Å². The SMILES string of the molecule is CCOc1ccc(C(=O)/C=C/C(=O)OC)cc1OCC. The molecule has 5 nitrogen and oxygen atoms in total. The number of ketones is 1. The van der Waals surface area contributed by atoms with E-state index in [1.165, 1.54) is 7.11 Å². The van der Waals surface area contributed by atoms with Crippen LogP contribution in [0.1, 0.15) is 24.2 Å². The average molecular weight is 278 g/mol. The van der Waals surface area contributed by atoms with Crippen LogP contribution in [0.25, 0.3) is 0 Å². The molecule has 0 saturated carbocycles. The monoisotopic (exact) mass is 278 g/mol. The van der Waals surface area contributed by atoms with Gasteiger partial charge < -0.3 is 14.2 Å². The number of hydrogen-bond donors (Lipinski definition) is 0. The fourth-order valence-corrected chi connectivity index (χ4v) is 1.51. The van der Waals surface area contributed by atoms with Crippen molar-refractivity contribution in [1.82, 2.24) is 0 Å². The molecule has 0 fully saturated rings. The van der Waals surface area contributed by atoms with Gasteiger partial charge in [-0.05, 0) is 38.1 Å². The second kappa shape index (κ2) is 7.99. The lowest BCUT2D eigenvalue weighted by Gasteiger charge is -2.11. The maximum atomic E-state index is 11.9. The van der Waals surface area contributed by atoms with Crippen molar-refractivity contribution >= 4 is 11.8 Å². The quantitative estimate of drug-likeness (QED) is 0.435. The summed E-state index contributed by atoms with van der Waals surface area (Å²) in [6.45, 7) is 4.70. The van der Waals surface area contributed by atoms with E-state index in [-0.39, 0.29) is 5.78 Å². The van der Waals surface area contributed by atoms with Gasteiger partial charge in [-0.2, -0.15) is 0 Å². The molecule has 0 aliphatic carbocycles. The molecular formula is C15H18O5. The Kier molecular flexibility index (Phi) is 6.29. The first-order valence-electron chi connectivity index (χ1n) is 6.32. The van der Waals surface area contributed by atoms with E-state index in [0.717, 1.165) is 12.2 Å². The van der Waals surface area contributed by atoms with E-state index in [1.54, 1.807) is 18.2 Å². The first kappa shape index (κ1) is 15.8. The lowest BCUT2D eigenvalue weighted by molar-refractivity contribution is -0.134. The third kappa shape index (κ3) is 4.42. The molecule has 0 unspecified atom stereocenters. The van der Waals surface area contributed by atoms with Gasteiger partial charge in [0.25, 0.3) is 0 Å². The Morgan fingerprint density at radius 3 is 2.30 bits per heavy atom. The van der Waals surface area contributed by atoms with Gasteiger partial charge in [0.15, 0.2) is 17.3 Å². The summed E-state index contributed by atoms with van der Waals surface area (Å²) >= 11 is 0. The molecule has 20 heavy (non-hydrogen) atoms. The second-order valence-corrected chi connectivity index (χ2v) is 3.75. The maximum Gasteiger partial charge on any atom is 0.330 e. The largest absolute Gasteiger partial charge is 0.490 e. The molecule has 0 heterocycles. The summed E-state index contributed by atoms with van der Waals surface area (Å²) in [5.41, 5.74) is 0.414. The Morgan fingerprint density at radius 2 is 1.70 bits per heavy atom. The number of carbonyl (C=O) groups excluding carboxylic acids is 2. The molecule has 0 radical (unpaired) electrons. The molecule has 0 amide bonds. The van der Waals surface area contributed by atoms with Crippen LogP contribution in [0.3, 0.4) is 0 Å². The Morgan fingerprint density at radius 1 is 1.05 bits per heavy atom. The lowest BCUT2D eigenvalue weighted by atomic mass is 10.1. The van der Waals surface area contributed by atoms with E-state index in [9.17, 15) is 9.59 Å². The van der Waals surface area contributed by atoms with Crippen LogP contribution in [0.4, 0.5) is 0 Å². The summed E-state index contributed by atoms with van der Waals surface area (Å²) in [5, 5.41) is 0. The first-order valence-corrected chi connectivity index (χ1v) is 6.32. The van der Waals surface area contributed by atoms with Gasteiger partial charge >= 0.3 is 5.97 Å². The van der Waals surface area contributed by atoms with Crippen molar-refractivity contribution in [2.24, 2.45) is 0 Å². The van der Waals surface area contributed by atoms with Crippen molar-refractivity contribution in [3.8, 4) is 11.5 Å². The van der Waals surface area contributed by atoms with Gasteiger partial charge in [0, 0.05) is 11.6 Å². The summed E-state index contributed by atoms with van der Waals surface area (Å²) in [6, 6.07) is 4.89. The molecule has 0 N–H and O–H groups in total. The Bertz CT molecular complexity index is 505. The Labute approximate surface area is 118 Å². The summed E-state index contributed by atoms with van der Waals surface area (Å²) in [7, 11) is 1.25. The normalized spacial score (nSPS) is 10.3. The van der Waals surface area contributed by atoms with Gasteiger partial charge in [-0.15, -0.1) is 0 Å².